The summed E-state index contributed by atoms with van der Waals surface area (Å²) >= 11 is 0. The first-order valence-corrected chi connectivity index (χ1v) is 6.73. The van der Waals surface area contributed by atoms with Crippen LogP contribution in [0.5, 0.6) is 11.6 Å². The highest BCUT2D eigenvalue weighted by atomic mass is 16.5. The maximum atomic E-state index is 10.7. The smallest absolute Gasteiger partial charge is 0.263 e. The second-order valence-electron chi connectivity index (χ2n) is 4.57. The van der Waals surface area contributed by atoms with Crippen molar-refractivity contribution in [1.29, 1.82) is 0 Å². The summed E-state index contributed by atoms with van der Waals surface area (Å²) in [5.74, 6) is 1.79. The standard InChI is InChI=1S/C15H15N3O3/c19-11-12-1-3-13(4-2-12)21-15-14(16-5-6-17-15)18-7-9-20-10-8-18/h1-6,11H,7-10H2. The summed E-state index contributed by atoms with van der Waals surface area (Å²) in [7, 11) is 0. The van der Waals surface area contributed by atoms with E-state index in [9.17, 15) is 4.79 Å². The van der Waals surface area contributed by atoms with Crippen molar-refractivity contribution in [2.24, 2.45) is 0 Å². The fraction of sp³-hybridized carbons (Fsp3) is 0.267. The lowest BCUT2D eigenvalue weighted by Crippen LogP contribution is -2.37. The van der Waals surface area contributed by atoms with Gasteiger partial charge in [0, 0.05) is 31.0 Å². The van der Waals surface area contributed by atoms with Crippen LogP contribution in [0.4, 0.5) is 5.82 Å². The van der Waals surface area contributed by atoms with Crippen LogP contribution in [-0.4, -0.2) is 42.6 Å². The number of nitrogens with zero attached hydrogens (tertiary/aromatic N) is 3. The largest absolute Gasteiger partial charge is 0.436 e. The molecule has 6 heteroatoms. The van der Waals surface area contributed by atoms with E-state index in [1.807, 2.05) is 0 Å². The Hall–Kier alpha value is -2.47. The Kier molecular flexibility index (Phi) is 4.07. The molecule has 3 rings (SSSR count). The highest BCUT2D eigenvalue weighted by Crippen LogP contribution is 2.28. The fourth-order valence-electron chi connectivity index (χ4n) is 2.11. The highest BCUT2D eigenvalue weighted by Gasteiger charge is 2.18. The third kappa shape index (κ3) is 3.17. The molecule has 2 heterocycles. The first-order valence-electron chi connectivity index (χ1n) is 6.73. The fourth-order valence-corrected chi connectivity index (χ4v) is 2.11. The molecule has 0 aliphatic carbocycles. The summed E-state index contributed by atoms with van der Waals surface area (Å²) < 4.78 is 11.1. The molecule has 0 bridgehead atoms. The summed E-state index contributed by atoms with van der Waals surface area (Å²) in [6.07, 6.45) is 4.04. The highest BCUT2D eigenvalue weighted by molar-refractivity contribution is 5.74. The molecule has 1 aromatic heterocycles. The van der Waals surface area contributed by atoms with E-state index in [0.29, 0.717) is 36.2 Å². The van der Waals surface area contributed by atoms with Crippen LogP contribution in [0.15, 0.2) is 36.7 Å². The molecule has 0 atom stereocenters. The first-order chi connectivity index (χ1) is 10.4. The molecule has 0 unspecified atom stereocenters. The van der Waals surface area contributed by atoms with E-state index in [2.05, 4.69) is 14.9 Å². The normalized spacial score (nSPS) is 14.8. The van der Waals surface area contributed by atoms with Gasteiger partial charge in [0.1, 0.15) is 12.0 Å². The summed E-state index contributed by atoms with van der Waals surface area (Å²) in [5.41, 5.74) is 0.606. The van der Waals surface area contributed by atoms with Gasteiger partial charge in [0.2, 0.25) is 0 Å². The molecule has 1 saturated heterocycles. The summed E-state index contributed by atoms with van der Waals surface area (Å²) in [5, 5.41) is 0. The van der Waals surface area contributed by atoms with Crippen LogP contribution in [0.1, 0.15) is 10.4 Å². The molecule has 21 heavy (non-hydrogen) atoms. The van der Waals surface area contributed by atoms with Crippen molar-refractivity contribution >= 4 is 12.1 Å². The molecule has 0 spiro atoms. The van der Waals surface area contributed by atoms with Gasteiger partial charge in [-0.25, -0.2) is 9.97 Å². The Labute approximate surface area is 122 Å². The monoisotopic (exact) mass is 285 g/mol. The van der Waals surface area contributed by atoms with Gasteiger partial charge in [-0.05, 0) is 24.3 Å². The molecule has 0 saturated carbocycles. The second-order valence-corrected chi connectivity index (χ2v) is 4.57. The maximum absolute atomic E-state index is 10.7. The maximum Gasteiger partial charge on any atom is 0.263 e. The predicted octanol–water partition coefficient (Wildman–Crippen LogP) is 1.92. The van der Waals surface area contributed by atoms with Crippen molar-refractivity contribution < 1.29 is 14.3 Å². The Bertz CT molecular complexity index is 610. The Morgan fingerprint density at radius 1 is 1.10 bits per heavy atom. The van der Waals surface area contributed by atoms with E-state index >= 15 is 0 Å². The van der Waals surface area contributed by atoms with Crippen LogP contribution < -0.4 is 9.64 Å². The number of rotatable bonds is 4. The van der Waals surface area contributed by atoms with Crippen molar-refractivity contribution in [1.82, 2.24) is 9.97 Å². The molecule has 2 aromatic rings. The zero-order valence-electron chi connectivity index (χ0n) is 11.4. The van der Waals surface area contributed by atoms with Crippen molar-refractivity contribution in [2.75, 3.05) is 31.2 Å². The molecule has 6 nitrogen and oxygen atoms in total. The molecule has 1 fully saturated rings. The summed E-state index contributed by atoms with van der Waals surface area (Å²) in [6.45, 7) is 2.87. The van der Waals surface area contributed by atoms with Crippen LogP contribution in [0.25, 0.3) is 0 Å². The van der Waals surface area contributed by atoms with Crippen LogP contribution >= 0.6 is 0 Å². The lowest BCUT2D eigenvalue weighted by atomic mass is 10.2. The topological polar surface area (TPSA) is 64.5 Å². The van der Waals surface area contributed by atoms with Gasteiger partial charge in [-0.1, -0.05) is 0 Å². The lowest BCUT2D eigenvalue weighted by molar-refractivity contribution is 0.112. The minimum absolute atomic E-state index is 0.457. The van der Waals surface area contributed by atoms with E-state index < -0.39 is 0 Å². The predicted molar refractivity (Wildman–Crippen MR) is 77.0 cm³/mol. The van der Waals surface area contributed by atoms with E-state index in [0.717, 1.165) is 19.4 Å². The SMILES string of the molecule is O=Cc1ccc(Oc2nccnc2N2CCOCC2)cc1. The van der Waals surface area contributed by atoms with Gasteiger partial charge in [-0.2, -0.15) is 0 Å². The number of ether oxygens (including phenoxy) is 2. The Balaban J connectivity index is 1.82. The van der Waals surface area contributed by atoms with Crippen LogP contribution in [-0.2, 0) is 4.74 Å². The van der Waals surface area contributed by atoms with Gasteiger partial charge in [0.05, 0.1) is 13.2 Å². The molecule has 108 valence electrons. The van der Waals surface area contributed by atoms with Crippen molar-refractivity contribution in [3.8, 4) is 11.6 Å². The zero-order valence-corrected chi connectivity index (χ0v) is 11.4. The van der Waals surface area contributed by atoms with Crippen molar-refractivity contribution in [3.63, 3.8) is 0 Å². The van der Waals surface area contributed by atoms with Gasteiger partial charge < -0.3 is 14.4 Å². The number of carbonyl (C=O) groups excluding carboxylic acids is 1. The number of carbonyl (C=O) groups is 1. The van der Waals surface area contributed by atoms with Gasteiger partial charge >= 0.3 is 0 Å². The van der Waals surface area contributed by atoms with Gasteiger partial charge in [0.25, 0.3) is 5.88 Å². The molecular formula is C15H15N3O3. The molecule has 1 aliphatic rings. The quantitative estimate of drug-likeness (QED) is 0.800. The molecule has 0 N–H and O–H groups in total. The van der Waals surface area contributed by atoms with Gasteiger partial charge in [-0.15, -0.1) is 0 Å². The van der Waals surface area contributed by atoms with Crippen LogP contribution in [0, 0.1) is 0 Å². The average Bonchev–Trinajstić information content (AvgIpc) is 2.57. The van der Waals surface area contributed by atoms with E-state index in [-0.39, 0.29) is 0 Å². The number of hydrogen-bond acceptors (Lipinski definition) is 6. The Morgan fingerprint density at radius 2 is 1.81 bits per heavy atom. The lowest BCUT2D eigenvalue weighted by Gasteiger charge is -2.28. The zero-order chi connectivity index (χ0) is 14.5. The van der Waals surface area contributed by atoms with Crippen molar-refractivity contribution in [2.45, 2.75) is 0 Å². The van der Waals surface area contributed by atoms with Crippen molar-refractivity contribution in [3.05, 3.63) is 42.2 Å². The third-order valence-electron chi connectivity index (χ3n) is 3.19. The molecular weight excluding hydrogens is 270 g/mol. The second kappa shape index (κ2) is 6.32. The number of aldehydes is 1. The summed E-state index contributed by atoms with van der Waals surface area (Å²) in [4.78, 5) is 21.4. The molecule has 0 radical (unpaired) electrons. The number of benzene rings is 1. The van der Waals surface area contributed by atoms with Gasteiger partial charge in [0.15, 0.2) is 5.82 Å². The number of aromatic nitrogens is 2. The summed E-state index contributed by atoms with van der Waals surface area (Å²) in [6, 6.07) is 6.88. The number of morpholine rings is 1. The van der Waals surface area contributed by atoms with Crippen LogP contribution in [0.2, 0.25) is 0 Å². The average molecular weight is 285 g/mol. The van der Waals surface area contributed by atoms with Crippen LogP contribution in [0.3, 0.4) is 0 Å². The van der Waals surface area contributed by atoms with E-state index in [1.54, 1.807) is 36.7 Å². The van der Waals surface area contributed by atoms with E-state index in [1.165, 1.54) is 0 Å². The first kappa shape index (κ1) is 13.5. The molecule has 0 amide bonds. The molecule has 1 aromatic carbocycles. The Morgan fingerprint density at radius 3 is 2.52 bits per heavy atom. The third-order valence-corrected chi connectivity index (χ3v) is 3.19. The van der Waals surface area contributed by atoms with Gasteiger partial charge in [-0.3, -0.25) is 4.79 Å². The number of anilines is 1. The number of hydrogen-bond donors (Lipinski definition) is 0. The minimum Gasteiger partial charge on any atom is -0.436 e. The minimum atomic E-state index is 0.457. The van der Waals surface area contributed by atoms with E-state index in [4.69, 9.17) is 9.47 Å². The molecule has 1 aliphatic heterocycles.